The summed E-state index contributed by atoms with van der Waals surface area (Å²) >= 11 is 6.34. The van der Waals surface area contributed by atoms with Gasteiger partial charge in [0.05, 0.1) is 5.02 Å². The fraction of sp³-hybridized carbons (Fsp3) is 0.579. The van der Waals surface area contributed by atoms with E-state index in [9.17, 15) is 0 Å². The summed E-state index contributed by atoms with van der Waals surface area (Å²) in [5.74, 6) is 0.943. The lowest BCUT2D eigenvalue weighted by molar-refractivity contribution is 0.183. The van der Waals surface area contributed by atoms with Crippen molar-refractivity contribution in [3.63, 3.8) is 0 Å². The van der Waals surface area contributed by atoms with Gasteiger partial charge in [-0.3, -0.25) is 0 Å². The number of fused-ring (bicyclic) bond motifs is 1. The third-order valence-corrected chi connectivity index (χ3v) is 5.57. The number of halogens is 1. The van der Waals surface area contributed by atoms with E-state index in [1.54, 1.807) is 0 Å². The summed E-state index contributed by atoms with van der Waals surface area (Å²) in [7, 11) is 0. The highest BCUT2D eigenvalue weighted by molar-refractivity contribution is 6.35. The molecular weight excluding hydrogens is 278 g/mol. The summed E-state index contributed by atoms with van der Waals surface area (Å²) in [6.07, 6.45) is 11.6. The van der Waals surface area contributed by atoms with Crippen LogP contribution in [0.2, 0.25) is 5.02 Å². The van der Waals surface area contributed by atoms with Crippen LogP contribution in [0.15, 0.2) is 24.4 Å². The van der Waals surface area contributed by atoms with Crippen LogP contribution in [0.1, 0.15) is 57.9 Å². The van der Waals surface area contributed by atoms with Crippen molar-refractivity contribution in [2.24, 2.45) is 11.3 Å². The molecule has 114 valence electrons. The zero-order valence-corrected chi connectivity index (χ0v) is 14.0. The number of hydrogen-bond donors (Lipinski definition) is 1. The number of H-pyrrole nitrogens is 1. The van der Waals surface area contributed by atoms with E-state index >= 15 is 0 Å². The maximum absolute atomic E-state index is 6.34. The minimum Gasteiger partial charge on any atom is -0.361 e. The van der Waals surface area contributed by atoms with Crippen LogP contribution in [0, 0.1) is 11.3 Å². The van der Waals surface area contributed by atoms with Crippen LogP contribution >= 0.6 is 11.6 Å². The lowest BCUT2D eigenvalue weighted by atomic mass is 9.72. The van der Waals surface area contributed by atoms with E-state index in [0.717, 1.165) is 22.9 Å². The predicted octanol–water partition coefficient (Wildman–Crippen LogP) is 6.36. The molecule has 2 heteroatoms. The third-order valence-electron chi connectivity index (χ3n) is 5.25. The predicted molar refractivity (Wildman–Crippen MR) is 92.0 cm³/mol. The lowest BCUT2D eigenvalue weighted by Crippen LogP contribution is -2.21. The molecule has 1 aliphatic carbocycles. The minimum atomic E-state index is 0.584. The van der Waals surface area contributed by atoms with E-state index in [1.165, 1.54) is 49.5 Å². The van der Waals surface area contributed by atoms with Gasteiger partial charge in [0.15, 0.2) is 0 Å². The standard InChI is InChI=1S/C19H26ClN/c1-19(2)11-9-14(10-12-19)5-3-6-15-13-21-17-8-4-7-16(20)18(15)17/h4,7-8,13-14,21H,3,5-6,9-12H2,1-2H3. The summed E-state index contributed by atoms with van der Waals surface area (Å²) in [6, 6.07) is 6.10. The highest BCUT2D eigenvalue weighted by Crippen LogP contribution is 2.39. The van der Waals surface area contributed by atoms with Crippen molar-refractivity contribution in [3.05, 3.63) is 35.0 Å². The zero-order valence-electron chi connectivity index (χ0n) is 13.2. The van der Waals surface area contributed by atoms with Crippen molar-refractivity contribution in [3.8, 4) is 0 Å². The van der Waals surface area contributed by atoms with Gasteiger partial charge in [0, 0.05) is 17.1 Å². The monoisotopic (exact) mass is 303 g/mol. The molecule has 1 fully saturated rings. The van der Waals surface area contributed by atoms with Crippen LogP contribution in [0.4, 0.5) is 0 Å². The molecule has 0 amide bonds. The first kappa shape index (κ1) is 15.0. The number of nitrogens with one attached hydrogen (secondary N) is 1. The number of benzene rings is 1. The summed E-state index contributed by atoms with van der Waals surface area (Å²) < 4.78 is 0. The SMILES string of the molecule is CC1(C)CCC(CCCc2c[nH]c3cccc(Cl)c23)CC1. The number of aromatic amines is 1. The van der Waals surface area contributed by atoms with Crippen molar-refractivity contribution < 1.29 is 0 Å². The molecule has 1 saturated carbocycles. The second-order valence-corrected chi connectivity index (χ2v) is 7.88. The molecule has 1 aromatic carbocycles. The molecular formula is C19H26ClN. The van der Waals surface area contributed by atoms with Crippen molar-refractivity contribution in [2.45, 2.75) is 58.8 Å². The molecule has 21 heavy (non-hydrogen) atoms. The topological polar surface area (TPSA) is 15.8 Å². The average Bonchev–Trinajstić information content (AvgIpc) is 2.85. The molecule has 3 rings (SSSR count). The van der Waals surface area contributed by atoms with Gasteiger partial charge in [-0.1, -0.05) is 37.9 Å². The van der Waals surface area contributed by atoms with Crippen LogP contribution in [-0.2, 0) is 6.42 Å². The number of aryl methyl sites for hydroxylation is 1. The van der Waals surface area contributed by atoms with E-state index in [2.05, 4.69) is 31.1 Å². The second kappa shape index (κ2) is 6.04. The van der Waals surface area contributed by atoms with E-state index in [0.29, 0.717) is 5.41 Å². The summed E-state index contributed by atoms with van der Waals surface area (Å²) in [5.41, 5.74) is 3.13. The maximum atomic E-state index is 6.34. The lowest BCUT2D eigenvalue weighted by Gasteiger charge is -2.34. The van der Waals surface area contributed by atoms with E-state index < -0.39 is 0 Å². The molecule has 2 aromatic rings. The highest BCUT2D eigenvalue weighted by Gasteiger charge is 2.26. The molecule has 1 aromatic heterocycles. The number of rotatable bonds is 4. The van der Waals surface area contributed by atoms with Crippen LogP contribution in [-0.4, -0.2) is 4.98 Å². The quantitative estimate of drug-likeness (QED) is 0.676. The molecule has 0 saturated heterocycles. The van der Waals surface area contributed by atoms with Gasteiger partial charge in [-0.05, 0) is 67.6 Å². The first-order valence-corrected chi connectivity index (χ1v) is 8.67. The Bertz CT molecular complexity index is 601. The van der Waals surface area contributed by atoms with Gasteiger partial charge in [0.1, 0.15) is 0 Å². The summed E-state index contributed by atoms with van der Waals surface area (Å²) in [6.45, 7) is 4.83. The Balaban J connectivity index is 1.56. The Morgan fingerprint density at radius 1 is 1.24 bits per heavy atom. The first-order valence-electron chi connectivity index (χ1n) is 8.30. The van der Waals surface area contributed by atoms with Crippen LogP contribution in [0.5, 0.6) is 0 Å². The molecule has 1 heterocycles. The van der Waals surface area contributed by atoms with Gasteiger partial charge in [0.25, 0.3) is 0 Å². The molecule has 0 aliphatic heterocycles. The first-order chi connectivity index (χ1) is 10.1. The smallest absolute Gasteiger partial charge is 0.0502 e. The molecule has 1 nitrogen and oxygen atoms in total. The van der Waals surface area contributed by atoms with Crippen LogP contribution in [0.25, 0.3) is 10.9 Å². The maximum Gasteiger partial charge on any atom is 0.0502 e. The van der Waals surface area contributed by atoms with E-state index in [1.807, 2.05) is 12.1 Å². The highest BCUT2D eigenvalue weighted by atomic mass is 35.5. The average molecular weight is 304 g/mol. The van der Waals surface area contributed by atoms with E-state index in [-0.39, 0.29) is 0 Å². The van der Waals surface area contributed by atoms with Crippen molar-refractivity contribution >= 4 is 22.5 Å². The molecule has 1 N–H and O–H groups in total. The van der Waals surface area contributed by atoms with Gasteiger partial charge in [-0.25, -0.2) is 0 Å². The minimum absolute atomic E-state index is 0.584. The summed E-state index contributed by atoms with van der Waals surface area (Å²) in [5, 5.41) is 2.10. The largest absolute Gasteiger partial charge is 0.361 e. The molecule has 0 spiro atoms. The van der Waals surface area contributed by atoms with Gasteiger partial charge in [-0.15, -0.1) is 0 Å². The fourth-order valence-corrected chi connectivity index (χ4v) is 4.03. The number of aromatic nitrogens is 1. The van der Waals surface area contributed by atoms with Crippen LogP contribution in [0.3, 0.4) is 0 Å². The molecule has 0 unspecified atom stereocenters. The third kappa shape index (κ3) is 3.45. The van der Waals surface area contributed by atoms with Gasteiger partial charge >= 0.3 is 0 Å². The second-order valence-electron chi connectivity index (χ2n) is 7.48. The normalized spacial score (nSPS) is 19.2. The van der Waals surface area contributed by atoms with Crippen molar-refractivity contribution in [1.82, 2.24) is 4.98 Å². The Kier molecular flexibility index (Phi) is 4.31. The molecule has 0 radical (unpaired) electrons. The van der Waals surface area contributed by atoms with Gasteiger partial charge in [-0.2, -0.15) is 0 Å². The Hall–Kier alpha value is -0.950. The Morgan fingerprint density at radius 3 is 2.76 bits per heavy atom. The molecule has 0 atom stereocenters. The van der Waals surface area contributed by atoms with E-state index in [4.69, 9.17) is 11.6 Å². The Morgan fingerprint density at radius 2 is 2.00 bits per heavy atom. The van der Waals surface area contributed by atoms with Crippen LogP contribution < -0.4 is 0 Å². The van der Waals surface area contributed by atoms with Gasteiger partial charge in [0.2, 0.25) is 0 Å². The molecule has 1 aliphatic rings. The summed E-state index contributed by atoms with van der Waals surface area (Å²) in [4.78, 5) is 3.34. The van der Waals surface area contributed by atoms with Gasteiger partial charge < -0.3 is 4.98 Å². The zero-order chi connectivity index (χ0) is 14.9. The fourth-order valence-electron chi connectivity index (χ4n) is 3.73. The number of hydrogen-bond acceptors (Lipinski definition) is 0. The van der Waals surface area contributed by atoms with Crippen molar-refractivity contribution in [1.29, 1.82) is 0 Å². The van der Waals surface area contributed by atoms with Crippen molar-refractivity contribution in [2.75, 3.05) is 0 Å². The molecule has 0 bridgehead atoms. The Labute approximate surface area is 133 Å².